The van der Waals surface area contributed by atoms with E-state index < -0.39 is 10.0 Å². The fourth-order valence-electron chi connectivity index (χ4n) is 2.81. The van der Waals surface area contributed by atoms with Crippen LogP contribution in [0.25, 0.3) is 0 Å². The lowest BCUT2D eigenvalue weighted by atomic mass is 10.0. The van der Waals surface area contributed by atoms with E-state index in [0.29, 0.717) is 6.04 Å². The van der Waals surface area contributed by atoms with Crippen LogP contribution < -0.4 is 10.0 Å². The topological polar surface area (TPSA) is 61.4 Å². The second-order valence-corrected chi connectivity index (χ2v) is 7.49. The largest absolute Gasteiger partial charge is 0.314 e. The Balaban J connectivity index is 1.73. The third-order valence-corrected chi connectivity index (χ3v) is 5.35. The maximum atomic E-state index is 12.0. The van der Waals surface area contributed by atoms with E-state index in [2.05, 4.69) is 14.9 Å². The molecular weight excluding hydrogens is 250 g/mol. The van der Waals surface area contributed by atoms with Crippen molar-refractivity contribution in [3.05, 3.63) is 0 Å². The van der Waals surface area contributed by atoms with Crippen LogP contribution in [0.15, 0.2) is 0 Å². The number of nitrogens with zero attached hydrogens (tertiary/aromatic N) is 1. The lowest BCUT2D eigenvalue weighted by molar-refractivity contribution is 0.391. The SMILES string of the molecule is CN1CCC(NS(=O)(=O)CCC2CCCCN2)C1. The summed E-state index contributed by atoms with van der Waals surface area (Å²) in [7, 11) is -1.08. The van der Waals surface area contributed by atoms with Gasteiger partial charge in [0.25, 0.3) is 0 Å². The van der Waals surface area contributed by atoms with Gasteiger partial charge in [-0.25, -0.2) is 13.1 Å². The fraction of sp³-hybridized carbons (Fsp3) is 1.00. The van der Waals surface area contributed by atoms with Crippen LogP contribution in [-0.4, -0.2) is 57.8 Å². The van der Waals surface area contributed by atoms with Crippen LogP contribution in [0.4, 0.5) is 0 Å². The van der Waals surface area contributed by atoms with E-state index in [4.69, 9.17) is 0 Å². The summed E-state index contributed by atoms with van der Waals surface area (Å²) in [5, 5.41) is 3.39. The number of hydrogen-bond donors (Lipinski definition) is 2. The molecule has 2 saturated heterocycles. The predicted molar refractivity (Wildman–Crippen MR) is 73.1 cm³/mol. The zero-order valence-electron chi connectivity index (χ0n) is 11.2. The Hall–Kier alpha value is -0.170. The molecule has 2 heterocycles. The Kier molecular flexibility index (Phi) is 5.00. The minimum Gasteiger partial charge on any atom is -0.314 e. The lowest BCUT2D eigenvalue weighted by Crippen LogP contribution is -2.40. The van der Waals surface area contributed by atoms with Crippen molar-refractivity contribution in [2.75, 3.05) is 32.4 Å². The average Bonchev–Trinajstić information content (AvgIpc) is 2.73. The van der Waals surface area contributed by atoms with Crippen molar-refractivity contribution in [3.8, 4) is 0 Å². The van der Waals surface area contributed by atoms with Gasteiger partial charge < -0.3 is 10.2 Å². The molecule has 2 fully saturated rings. The first-order valence-electron chi connectivity index (χ1n) is 6.97. The van der Waals surface area contributed by atoms with Crippen LogP contribution >= 0.6 is 0 Å². The molecule has 2 rings (SSSR count). The highest BCUT2D eigenvalue weighted by Gasteiger charge is 2.25. The van der Waals surface area contributed by atoms with Crippen molar-refractivity contribution in [3.63, 3.8) is 0 Å². The van der Waals surface area contributed by atoms with Crippen LogP contribution in [0.3, 0.4) is 0 Å². The highest BCUT2D eigenvalue weighted by atomic mass is 32.2. The summed E-state index contributed by atoms with van der Waals surface area (Å²) < 4.78 is 26.8. The van der Waals surface area contributed by atoms with E-state index in [1.807, 2.05) is 7.05 Å². The van der Waals surface area contributed by atoms with E-state index in [1.54, 1.807) is 0 Å². The number of nitrogens with one attached hydrogen (secondary N) is 2. The molecule has 0 spiro atoms. The van der Waals surface area contributed by atoms with Crippen LogP contribution in [0.2, 0.25) is 0 Å². The summed E-state index contributed by atoms with van der Waals surface area (Å²) in [5.41, 5.74) is 0. The van der Waals surface area contributed by atoms with Crippen molar-refractivity contribution in [2.45, 2.75) is 44.2 Å². The summed E-state index contributed by atoms with van der Waals surface area (Å²) >= 11 is 0. The molecule has 0 radical (unpaired) electrons. The lowest BCUT2D eigenvalue weighted by Gasteiger charge is -2.23. The van der Waals surface area contributed by atoms with Gasteiger partial charge >= 0.3 is 0 Å². The second kappa shape index (κ2) is 6.32. The molecule has 6 heteroatoms. The minimum atomic E-state index is -3.10. The summed E-state index contributed by atoms with van der Waals surface area (Å²) in [6.07, 6.45) is 5.21. The van der Waals surface area contributed by atoms with Crippen LogP contribution in [0, 0.1) is 0 Å². The van der Waals surface area contributed by atoms with Crippen molar-refractivity contribution in [1.82, 2.24) is 14.9 Å². The third-order valence-electron chi connectivity index (χ3n) is 3.88. The van der Waals surface area contributed by atoms with Crippen LogP contribution in [0.1, 0.15) is 32.1 Å². The molecule has 2 aliphatic heterocycles. The van der Waals surface area contributed by atoms with Gasteiger partial charge in [-0.05, 0) is 45.8 Å². The van der Waals surface area contributed by atoms with Gasteiger partial charge in [0, 0.05) is 18.6 Å². The van der Waals surface area contributed by atoms with Crippen molar-refractivity contribution in [1.29, 1.82) is 0 Å². The molecule has 106 valence electrons. The Morgan fingerprint density at radius 2 is 2.17 bits per heavy atom. The summed E-state index contributed by atoms with van der Waals surface area (Å²) in [6, 6.07) is 0.501. The van der Waals surface area contributed by atoms with E-state index in [1.165, 1.54) is 12.8 Å². The highest BCUT2D eigenvalue weighted by molar-refractivity contribution is 7.89. The van der Waals surface area contributed by atoms with Gasteiger partial charge in [-0.15, -0.1) is 0 Å². The minimum absolute atomic E-state index is 0.110. The van der Waals surface area contributed by atoms with Crippen LogP contribution in [-0.2, 0) is 10.0 Å². The normalized spacial score (nSPS) is 30.7. The summed E-state index contributed by atoms with van der Waals surface area (Å²) in [4.78, 5) is 2.16. The number of rotatable bonds is 5. The molecule has 0 bridgehead atoms. The molecule has 2 atom stereocenters. The first-order valence-corrected chi connectivity index (χ1v) is 8.62. The molecule has 2 unspecified atom stereocenters. The predicted octanol–water partition coefficient (Wildman–Crippen LogP) is 0.142. The average molecular weight is 275 g/mol. The molecule has 0 saturated carbocycles. The first kappa shape index (κ1) is 14.2. The Morgan fingerprint density at radius 1 is 1.33 bits per heavy atom. The molecular formula is C12H25N3O2S. The second-order valence-electron chi connectivity index (χ2n) is 5.62. The Morgan fingerprint density at radius 3 is 2.78 bits per heavy atom. The highest BCUT2D eigenvalue weighted by Crippen LogP contribution is 2.12. The molecule has 2 N–H and O–H groups in total. The van der Waals surface area contributed by atoms with Gasteiger partial charge in [0.15, 0.2) is 0 Å². The van der Waals surface area contributed by atoms with Gasteiger partial charge in [-0.1, -0.05) is 6.42 Å². The van der Waals surface area contributed by atoms with Crippen molar-refractivity contribution < 1.29 is 8.42 Å². The maximum absolute atomic E-state index is 12.0. The summed E-state index contributed by atoms with van der Waals surface area (Å²) in [5.74, 6) is 0.255. The Bertz CT molecular complexity index is 352. The van der Waals surface area contributed by atoms with Gasteiger partial charge in [0.1, 0.15) is 0 Å². The van der Waals surface area contributed by atoms with Crippen LogP contribution in [0.5, 0.6) is 0 Å². The Labute approximate surface area is 110 Å². The molecule has 2 aliphatic rings. The standard InChI is InChI=1S/C12H25N3O2S/c1-15-8-5-12(10-15)14-18(16,17)9-6-11-4-2-3-7-13-11/h11-14H,2-10H2,1H3. The number of hydrogen-bond acceptors (Lipinski definition) is 4. The van der Waals surface area contributed by atoms with E-state index >= 15 is 0 Å². The molecule has 0 aromatic heterocycles. The maximum Gasteiger partial charge on any atom is 0.211 e. The molecule has 18 heavy (non-hydrogen) atoms. The molecule has 0 aromatic rings. The van der Waals surface area contributed by atoms with Gasteiger partial charge in [-0.3, -0.25) is 0 Å². The van der Waals surface area contributed by atoms with Gasteiger partial charge in [0.2, 0.25) is 10.0 Å². The van der Waals surface area contributed by atoms with Gasteiger partial charge in [-0.2, -0.15) is 0 Å². The van der Waals surface area contributed by atoms with E-state index in [-0.39, 0.29) is 11.8 Å². The van der Waals surface area contributed by atoms with E-state index in [9.17, 15) is 8.42 Å². The number of likely N-dealkylation sites (N-methyl/N-ethyl adjacent to an activating group) is 1. The fourth-order valence-corrected chi connectivity index (χ4v) is 4.22. The zero-order chi connectivity index (χ0) is 13.0. The molecule has 0 amide bonds. The quantitative estimate of drug-likeness (QED) is 0.749. The van der Waals surface area contributed by atoms with Crippen molar-refractivity contribution in [2.24, 2.45) is 0 Å². The molecule has 0 aromatic carbocycles. The first-order chi connectivity index (χ1) is 8.55. The van der Waals surface area contributed by atoms with Gasteiger partial charge in [0.05, 0.1) is 5.75 Å². The zero-order valence-corrected chi connectivity index (χ0v) is 12.0. The number of piperidine rings is 1. The number of likely N-dealkylation sites (tertiary alicyclic amines) is 1. The summed E-state index contributed by atoms with van der Waals surface area (Å²) in [6.45, 7) is 2.85. The number of sulfonamides is 1. The monoisotopic (exact) mass is 275 g/mol. The molecule has 0 aliphatic carbocycles. The smallest absolute Gasteiger partial charge is 0.211 e. The van der Waals surface area contributed by atoms with E-state index in [0.717, 1.165) is 38.9 Å². The molecule has 5 nitrogen and oxygen atoms in total. The third kappa shape index (κ3) is 4.50. The van der Waals surface area contributed by atoms with Crippen molar-refractivity contribution >= 4 is 10.0 Å².